The lowest BCUT2D eigenvalue weighted by atomic mass is 10.0. The summed E-state index contributed by atoms with van der Waals surface area (Å²) >= 11 is 0. The normalized spacial score (nSPS) is 21.5. The minimum atomic E-state index is -0.900. The standard InChI is InChI=1S/C13H16N2O5/c1-15(10-7-20-6-9(10)12(16)17)11-5-8(3-4-14-11)13(18)19-2/h3-5,9-10H,6-7H2,1-2H3,(H,16,17). The summed E-state index contributed by atoms with van der Waals surface area (Å²) in [5.41, 5.74) is 0.371. The molecule has 0 bridgehead atoms. The number of anilines is 1. The number of hydrogen-bond acceptors (Lipinski definition) is 6. The van der Waals surface area contributed by atoms with E-state index in [2.05, 4.69) is 9.72 Å². The molecule has 0 saturated carbocycles. The number of carboxylic acids is 1. The second kappa shape index (κ2) is 5.87. The SMILES string of the molecule is COC(=O)c1ccnc(N(C)C2COCC2C(=O)O)c1. The largest absolute Gasteiger partial charge is 0.481 e. The van der Waals surface area contributed by atoms with Crippen molar-refractivity contribution in [1.29, 1.82) is 0 Å². The molecule has 0 amide bonds. The van der Waals surface area contributed by atoms with Gasteiger partial charge >= 0.3 is 11.9 Å². The van der Waals surface area contributed by atoms with Gasteiger partial charge in [0, 0.05) is 13.2 Å². The monoisotopic (exact) mass is 280 g/mol. The van der Waals surface area contributed by atoms with Gasteiger partial charge in [0.05, 0.1) is 31.9 Å². The third kappa shape index (κ3) is 2.72. The molecule has 1 aromatic heterocycles. The Morgan fingerprint density at radius 1 is 1.50 bits per heavy atom. The lowest BCUT2D eigenvalue weighted by Gasteiger charge is -2.27. The molecule has 108 valence electrons. The Balaban J connectivity index is 2.22. The van der Waals surface area contributed by atoms with E-state index in [-0.39, 0.29) is 12.6 Å². The molecule has 0 aliphatic carbocycles. The van der Waals surface area contributed by atoms with Crippen molar-refractivity contribution < 1.29 is 24.2 Å². The van der Waals surface area contributed by atoms with E-state index in [1.165, 1.54) is 13.3 Å². The molecule has 1 aromatic rings. The van der Waals surface area contributed by atoms with Crippen LogP contribution in [-0.4, -0.2) is 55.4 Å². The van der Waals surface area contributed by atoms with Gasteiger partial charge in [0.15, 0.2) is 0 Å². The van der Waals surface area contributed by atoms with Gasteiger partial charge in [-0.25, -0.2) is 9.78 Å². The molecule has 0 radical (unpaired) electrons. The van der Waals surface area contributed by atoms with Crippen molar-refractivity contribution in [2.75, 3.05) is 32.3 Å². The molecule has 7 nitrogen and oxygen atoms in total. The summed E-state index contributed by atoms with van der Waals surface area (Å²) in [5, 5.41) is 9.16. The van der Waals surface area contributed by atoms with Crippen molar-refractivity contribution in [3.05, 3.63) is 23.9 Å². The van der Waals surface area contributed by atoms with Crippen molar-refractivity contribution in [3.63, 3.8) is 0 Å². The highest BCUT2D eigenvalue weighted by Crippen LogP contribution is 2.23. The fourth-order valence-corrected chi connectivity index (χ4v) is 2.19. The molecule has 0 aromatic carbocycles. The molecular weight excluding hydrogens is 264 g/mol. The average molecular weight is 280 g/mol. The molecule has 1 fully saturated rings. The summed E-state index contributed by atoms with van der Waals surface area (Å²) in [6, 6.07) is 2.80. The molecule has 0 spiro atoms. The van der Waals surface area contributed by atoms with Gasteiger partial charge in [0.2, 0.25) is 0 Å². The second-order valence-electron chi connectivity index (χ2n) is 4.55. The Hall–Kier alpha value is -2.15. The Labute approximate surface area is 116 Å². The maximum Gasteiger partial charge on any atom is 0.338 e. The number of hydrogen-bond donors (Lipinski definition) is 1. The number of aromatic nitrogens is 1. The first kappa shape index (κ1) is 14.3. The van der Waals surface area contributed by atoms with Crippen LogP contribution in [0.5, 0.6) is 0 Å². The molecule has 2 rings (SSSR count). The molecule has 1 saturated heterocycles. The number of methoxy groups -OCH3 is 1. The fraction of sp³-hybridized carbons (Fsp3) is 0.462. The van der Waals surface area contributed by atoms with Crippen LogP contribution in [0, 0.1) is 5.92 Å². The van der Waals surface area contributed by atoms with E-state index >= 15 is 0 Å². The fourth-order valence-electron chi connectivity index (χ4n) is 2.19. The number of likely N-dealkylation sites (N-methyl/N-ethyl adjacent to an activating group) is 1. The van der Waals surface area contributed by atoms with Crippen LogP contribution in [0.1, 0.15) is 10.4 Å². The smallest absolute Gasteiger partial charge is 0.338 e. The van der Waals surface area contributed by atoms with Gasteiger partial charge in [0.1, 0.15) is 11.7 Å². The van der Waals surface area contributed by atoms with E-state index in [0.29, 0.717) is 18.0 Å². The third-order valence-corrected chi connectivity index (χ3v) is 3.39. The number of carbonyl (C=O) groups excluding carboxylic acids is 1. The van der Waals surface area contributed by atoms with Crippen molar-refractivity contribution in [3.8, 4) is 0 Å². The number of pyridine rings is 1. The maximum absolute atomic E-state index is 11.5. The molecule has 1 aliphatic rings. The number of nitrogens with zero attached hydrogens (tertiary/aromatic N) is 2. The summed E-state index contributed by atoms with van der Waals surface area (Å²) in [6.45, 7) is 0.499. The zero-order chi connectivity index (χ0) is 14.7. The van der Waals surface area contributed by atoms with Crippen molar-refractivity contribution in [1.82, 2.24) is 4.98 Å². The Kier molecular flexibility index (Phi) is 4.19. The van der Waals surface area contributed by atoms with Crippen molar-refractivity contribution >= 4 is 17.8 Å². The minimum absolute atomic E-state index is 0.182. The quantitative estimate of drug-likeness (QED) is 0.799. The Morgan fingerprint density at radius 3 is 2.90 bits per heavy atom. The summed E-state index contributed by atoms with van der Waals surface area (Å²) in [5.74, 6) is -1.46. The highest BCUT2D eigenvalue weighted by molar-refractivity contribution is 5.90. The van der Waals surface area contributed by atoms with Crippen LogP contribution in [0.4, 0.5) is 5.82 Å². The number of ether oxygens (including phenoxy) is 2. The zero-order valence-corrected chi connectivity index (χ0v) is 11.3. The molecule has 2 heterocycles. The van der Waals surface area contributed by atoms with Gasteiger partial charge in [-0.05, 0) is 12.1 Å². The van der Waals surface area contributed by atoms with Crippen molar-refractivity contribution in [2.45, 2.75) is 6.04 Å². The minimum Gasteiger partial charge on any atom is -0.481 e. The average Bonchev–Trinajstić information content (AvgIpc) is 2.95. The molecule has 7 heteroatoms. The van der Waals surface area contributed by atoms with Crippen LogP contribution in [-0.2, 0) is 14.3 Å². The lowest BCUT2D eigenvalue weighted by molar-refractivity contribution is -0.141. The third-order valence-electron chi connectivity index (χ3n) is 3.39. The number of carboxylic acid groups (broad SMARTS) is 1. The van der Waals surface area contributed by atoms with Crippen LogP contribution < -0.4 is 4.90 Å². The number of aliphatic carboxylic acids is 1. The van der Waals surface area contributed by atoms with E-state index in [4.69, 9.17) is 9.84 Å². The van der Waals surface area contributed by atoms with E-state index in [9.17, 15) is 9.59 Å². The topological polar surface area (TPSA) is 89.0 Å². The molecule has 2 atom stereocenters. The molecular formula is C13H16N2O5. The summed E-state index contributed by atoms with van der Waals surface area (Å²) in [6.07, 6.45) is 1.49. The lowest BCUT2D eigenvalue weighted by Crippen LogP contribution is -2.41. The number of esters is 1. The van der Waals surface area contributed by atoms with Crippen LogP contribution in [0.2, 0.25) is 0 Å². The summed E-state index contributed by atoms with van der Waals surface area (Å²) in [4.78, 5) is 28.5. The van der Waals surface area contributed by atoms with Crippen LogP contribution in [0.15, 0.2) is 18.3 Å². The van der Waals surface area contributed by atoms with Gasteiger partial charge in [-0.15, -0.1) is 0 Å². The van der Waals surface area contributed by atoms with Crippen LogP contribution in [0.25, 0.3) is 0 Å². The van der Waals surface area contributed by atoms with Crippen LogP contribution in [0.3, 0.4) is 0 Å². The predicted molar refractivity (Wildman–Crippen MR) is 69.7 cm³/mol. The molecule has 1 N–H and O–H groups in total. The van der Waals surface area contributed by atoms with Gasteiger partial charge in [0.25, 0.3) is 0 Å². The first-order valence-corrected chi connectivity index (χ1v) is 6.12. The first-order valence-electron chi connectivity index (χ1n) is 6.12. The first-order chi connectivity index (χ1) is 9.54. The zero-order valence-electron chi connectivity index (χ0n) is 11.3. The van der Waals surface area contributed by atoms with Gasteiger partial charge in [-0.1, -0.05) is 0 Å². The highest BCUT2D eigenvalue weighted by Gasteiger charge is 2.37. The number of carbonyl (C=O) groups is 2. The van der Waals surface area contributed by atoms with E-state index in [0.717, 1.165) is 0 Å². The summed E-state index contributed by atoms with van der Waals surface area (Å²) < 4.78 is 9.88. The van der Waals surface area contributed by atoms with Crippen LogP contribution >= 0.6 is 0 Å². The second-order valence-corrected chi connectivity index (χ2v) is 4.55. The van der Waals surface area contributed by atoms with E-state index in [1.54, 1.807) is 24.1 Å². The molecule has 20 heavy (non-hydrogen) atoms. The Morgan fingerprint density at radius 2 is 2.25 bits per heavy atom. The maximum atomic E-state index is 11.5. The van der Waals surface area contributed by atoms with E-state index in [1.807, 2.05) is 0 Å². The number of rotatable bonds is 4. The van der Waals surface area contributed by atoms with Gasteiger partial charge in [-0.2, -0.15) is 0 Å². The predicted octanol–water partition coefficient (Wildman–Crippen LogP) is 0.404. The van der Waals surface area contributed by atoms with Crippen molar-refractivity contribution in [2.24, 2.45) is 5.92 Å². The van der Waals surface area contributed by atoms with E-state index < -0.39 is 17.9 Å². The highest BCUT2D eigenvalue weighted by atomic mass is 16.5. The molecule has 1 aliphatic heterocycles. The Bertz CT molecular complexity index is 519. The van der Waals surface area contributed by atoms with Gasteiger partial charge in [-0.3, -0.25) is 4.79 Å². The summed E-state index contributed by atoms with van der Waals surface area (Å²) in [7, 11) is 3.04. The van der Waals surface area contributed by atoms with Gasteiger partial charge < -0.3 is 19.5 Å². The molecule has 2 unspecified atom stereocenters.